The number of carboxylic acid groups (broad SMARTS) is 1. The van der Waals surface area contributed by atoms with Gasteiger partial charge in [0.1, 0.15) is 6.54 Å². The van der Waals surface area contributed by atoms with Crippen LogP contribution in [0.2, 0.25) is 0 Å². The topological polar surface area (TPSA) is 79.2 Å². The Hall–Kier alpha value is -2.37. The van der Waals surface area contributed by atoms with E-state index in [2.05, 4.69) is 5.16 Å². The van der Waals surface area contributed by atoms with E-state index >= 15 is 0 Å². The van der Waals surface area contributed by atoms with Crippen LogP contribution in [-0.2, 0) is 14.4 Å². The maximum atomic E-state index is 12.2. The van der Waals surface area contributed by atoms with Gasteiger partial charge in [-0.15, -0.1) is 0 Å². The van der Waals surface area contributed by atoms with Crippen LogP contribution in [0.1, 0.15) is 18.9 Å². The van der Waals surface area contributed by atoms with Crippen molar-refractivity contribution in [2.45, 2.75) is 19.4 Å². The van der Waals surface area contributed by atoms with Gasteiger partial charge < -0.3 is 14.8 Å². The van der Waals surface area contributed by atoms with Gasteiger partial charge in [-0.05, 0) is 12.5 Å². The fraction of sp³-hybridized carbons (Fsp3) is 0.357. The van der Waals surface area contributed by atoms with Crippen molar-refractivity contribution in [3.63, 3.8) is 0 Å². The highest BCUT2D eigenvalue weighted by molar-refractivity contribution is 6.04. The van der Waals surface area contributed by atoms with Gasteiger partial charge in [0.25, 0.3) is 5.91 Å². The molecule has 1 aliphatic rings. The first-order chi connectivity index (χ1) is 9.61. The lowest BCUT2D eigenvalue weighted by Gasteiger charge is -2.20. The van der Waals surface area contributed by atoms with E-state index in [1.165, 1.54) is 4.90 Å². The number of likely N-dealkylation sites (N-methyl/N-ethyl adjacent to an activating group) is 1. The van der Waals surface area contributed by atoms with Gasteiger partial charge in [-0.3, -0.25) is 9.59 Å². The van der Waals surface area contributed by atoms with Crippen molar-refractivity contribution in [2.75, 3.05) is 13.1 Å². The van der Waals surface area contributed by atoms with Crippen LogP contribution in [0, 0.1) is 0 Å². The maximum absolute atomic E-state index is 12.2. The number of aliphatic carboxylic acids is 1. The molecule has 1 aromatic carbocycles. The van der Waals surface area contributed by atoms with Gasteiger partial charge in [-0.25, -0.2) is 0 Å². The third kappa shape index (κ3) is 3.14. The SMILES string of the molecule is CCN(CC(=O)O)C(=O)C1CC(c2ccccc2)=NO1. The standard InChI is InChI=1S/C14H16N2O4/c1-2-16(9-13(17)18)14(19)12-8-11(15-20-12)10-6-4-3-5-7-10/h3-7,12H,2,8-9H2,1H3,(H,17,18). The molecule has 0 spiro atoms. The van der Waals surface area contributed by atoms with Crippen molar-refractivity contribution in [2.24, 2.45) is 5.16 Å². The van der Waals surface area contributed by atoms with Gasteiger partial charge in [0, 0.05) is 13.0 Å². The molecule has 0 radical (unpaired) electrons. The number of hydrogen-bond donors (Lipinski definition) is 1. The van der Waals surface area contributed by atoms with Crippen molar-refractivity contribution in [1.82, 2.24) is 4.90 Å². The minimum atomic E-state index is -1.04. The van der Waals surface area contributed by atoms with Crippen LogP contribution in [0.25, 0.3) is 0 Å². The maximum Gasteiger partial charge on any atom is 0.323 e. The molecule has 2 rings (SSSR count). The fourth-order valence-corrected chi connectivity index (χ4v) is 2.02. The quantitative estimate of drug-likeness (QED) is 0.873. The smallest absolute Gasteiger partial charge is 0.323 e. The average molecular weight is 276 g/mol. The van der Waals surface area contributed by atoms with Crippen molar-refractivity contribution in [3.8, 4) is 0 Å². The molecule has 1 aliphatic heterocycles. The molecule has 0 aliphatic carbocycles. The zero-order chi connectivity index (χ0) is 14.5. The second-order valence-corrected chi connectivity index (χ2v) is 4.45. The molecule has 1 unspecified atom stereocenters. The summed E-state index contributed by atoms with van der Waals surface area (Å²) in [4.78, 5) is 29.3. The van der Waals surface area contributed by atoms with Gasteiger partial charge in [0.15, 0.2) is 0 Å². The monoisotopic (exact) mass is 276 g/mol. The summed E-state index contributed by atoms with van der Waals surface area (Å²) in [5.74, 6) is -1.38. The minimum Gasteiger partial charge on any atom is -0.480 e. The lowest BCUT2D eigenvalue weighted by molar-refractivity contribution is -0.149. The van der Waals surface area contributed by atoms with Crippen LogP contribution in [0.3, 0.4) is 0 Å². The fourth-order valence-electron chi connectivity index (χ4n) is 2.02. The molecule has 20 heavy (non-hydrogen) atoms. The Kier molecular flexibility index (Phi) is 4.34. The van der Waals surface area contributed by atoms with Gasteiger partial charge in [-0.2, -0.15) is 0 Å². The van der Waals surface area contributed by atoms with Crippen molar-refractivity contribution in [1.29, 1.82) is 0 Å². The lowest BCUT2D eigenvalue weighted by atomic mass is 10.0. The first kappa shape index (κ1) is 14.0. The number of hydrogen-bond acceptors (Lipinski definition) is 4. The van der Waals surface area contributed by atoms with E-state index in [1.807, 2.05) is 30.3 Å². The van der Waals surface area contributed by atoms with Crippen LogP contribution < -0.4 is 0 Å². The van der Waals surface area contributed by atoms with Gasteiger partial charge in [-0.1, -0.05) is 35.5 Å². The average Bonchev–Trinajstić information content (AvgIpc) is 2.94. The molecular weight excluding hydrogens is 260 g/mol. The Bertz CT molecular complexity index is 527. The minimum absolute atomic E-state index is 0.324. The summed E-state index contributed by atoms with van der Waals surface area (Å²) < 4.78 is 0. The zero-order valence-electron chi connectivity index (χ0n) is 11.2. The summed E-state index contributed by atoms with van der Waals surface area (Å²) >= 11 is 0. The van der Waals surface area contributed by atoms with Crippen molar-refractivity contribution in [3.05, 3.63) is 35.9 Å². The largest absolute Gasteiger partial charge is 0.480 e. The Morgan fingerprint density at radius 3 is 2.70 bits per heavy atom. The molecule has 6 nitrogen and oxygen atoms in total. The third-order valence-electron chi connectivity index (χ3n) is 3.07. The number of oxime groups is 1. The molecule has 0 saturated carbocycles. The normalized spacial score (nSPS) is 17.2. The second kappa shape index (κ2) is 6.18. The van der Waals surface area contributed by atoms with Crippen LogP contribution in [0.15, 0.2) is 35.5 Å². The highest BCUT2D eigenvalue weighted by Crippen LogP contribution is 2.18. The molecule has 0 saturated heterocycles. The molecule has 0 fully saturated rings. The number of nitrogens with zero attached hydrogens (tertiary/aromatic N) is 2. The summed E-state index contributed by atoms with van der Waals surface area (Å²) in [5.41, 5.74) is 1.61. The number of carboxylic acids is 1. The second-order valence-electron chi connectivity index (χ2n) is 4.45. The van der Waals surface area contributed by atoms with Crippen LogP contribution in [-0.4, -0.2) is 46.8 Å². The predicted octanol–water partition coefficient (Wildman–Crippen LogP) is 1.11. The summed E-state index contributed by atoms with van der Waals surface area (Å²) in [6.45, 7) is 1.73. The van der Waals surface area contributed by atoms with Gasteiger partial charge >= 0.3 is 5.97 Å². The van der Waals surface area contributed by atoms with Crippen LogP contribution >= 0.6 is 0 Å². The van der Waals surface area contributed by atoms with Gasteiger partial charge in [0.2, 0.25) is 6.10 Å². The highest BCUT2D eigenvalue weighted by Gasteiger charge is 2.32. The Morgan fingerprint density at radius 1 is 1.40 bits per heavy atom. The molecule has 1 atom stereocenters. The van der Waals surface area contributed by atoms with Crippen LogP contribution in [0.4, 0.5) is 0 Å². The molecule has 0 bridgehead atoms. The predicted molar refractivity (Wildman–Crippen MR) is 72.4 cm³/mol. The molecule has 1 N–H and O–H groups in total. The first-order valence-electron chi connectivity index (χ1n) is 6.40. The first-order valence-corrected chi connectivity index (χ1v) is 6.40. The van der Waals surface area contributed by atoms with Crippen LogP contribution in [0.5, 0.6) is 0 Å². The zero-order valence-corrected chi connectivity index (χ0v) is 11.2. The summed E-state index contributed by atoms with van der Waals surface area (Å²) in [7, 11) is 0. The Labute approximate surface area is 116 Å². The summed E-state index contributed by atoms with van der Waals surface area (Å²) in [6, 6.07) is 9.45. The summed E-state index contributed by atoms with van der Waals surface area (Å²) in [5, 5.41) is 12.7. The van der Waals surface area contributed by atoms with E-state index in [1.54, 1.807) is 6.92 Å². The molecule has 1 aromatic rings. The number of carbonyl (C=O) groups is 2. The Balaban J connectivity index is 2.00. The Morgan fingerprint density at radius 2 is 2.10 bits per heavy atom. The van der Waals surface area contributed by atoms with Crippen molar-refractivity contribution >= 4 is 17.6 Å². The summed E-state index contributed by atoms with van der Waals surface area (Å²) in [6.07, 6.45) is -0.372. The molecule has 0 aromatic heterocycles. The third-order valence-corrected chi connectivity index (χ3v) is 3.07. The number of carbonyl (C=O) groups excluding carboxylic acids is 1. The van der Waals surface area contributed by atoms with Gasteiger partial charge in [0.05, 0.1) is 5.71 Å². The molecule has 106 valence electrons. The highest BCUT2D eigenvalue weighted by atomic mass is 16.6. The van der Waals surface area contributed by atoms with Crippen molar-refractivity contribution < 1.29 is 19.5 Å². The number of amides is 1. The molecule has 1 amide bonds. The molecule has 1 heterocycles. The van der Waals surface area contributed by atoms with E-state index < -0.39 is 12.1 Å². The number of rotatable bonds is 5. The molecular formula is C14H16N2O4. The molecule has 6 heteroatoms. The van der Waals surface area contributed by atoms with E-state index in [4.69, 9.17) is 9.94 Å². The van der Waals surface area contributed by atoms with E-state index in [0.717, 1.165) is 5.56 Å². The lowest BCUT2D eigenvalue weighted by Crippen LogP contribution is -2.42. The van der Waals surface area contributed by atoms with E-state index in [9.17, 15) is 9.59 Å². The number of benzene rings is 1. The van der Waals surface area contributed by atoms with E-state index in [0.29, 0.717) is 18.7 Å². The van der Waals surface area contributed by atoms with E-state index in [-0.39, 0.29) is 12.5 Å².